The van der Waals surface area contributed by atoms with Crippen molar-refractivity contribution in [1.82, 2.24) is 5.06 Å². The Bertz CT molecular complexity index is 1250. The van der Waals surface area contributed by atoms with Gasteiger partial charge in [0.25, 0.3) is 0 Å². The predicted molar refractivity (Wildman–Crippen MR) is 140 cm³/mol. The van der Waals surface area contributed by atoms with Crippen LogP contribution < -0.4 is 9.13 Å². The SMILES string of the molecule is CC1(C)CC(OC(=O)c2ccc(C[n+]3ccc(-c4cc[n+](CCC(=O)O)cc4)cc3)cc2)CC(C)(C)N1O. The van der Waals surface area contributed by atoms with Crippen molar-refractivity contribution in [2.75, 3.05) is 0 Å². The number of aryl methyl sites for hydroxylation is 1. The van der Waals surface area contributed by atoms with Crippen LogP contribution in [0, 0.1) is 0 Å². The van der Waals surface area contributed by atoms with Gasteiger partial charge >= 0.3 is 11.9 Å². The smallest absolute Gasteiger partial charge is 0.338 e. The lowest BCUT2D eigenvalue weighted by molar-refractivity contribution is -0.695. The Kier molecular flexibility index (Phi) is 7.94. The Hall–Kier alpha value is -3.62. The molecule has 0 atom stereocenters. The van der Waals surface area contributed by atoms with Crippen LogP contribution in [0.2, 0.25) is 0 Å². The summed E-state index contributed by atoms with van der Waals surface area (Å²) in [5.41, 5.74) is 2.75. The Balaban J connectivity index is 1.34. The van der Waals surface area contributed by atoms with Crippen LogP contribution in [0.3, 0.4) is 0 Å². The van der Waals surface area contributed by atoms with Crippen LogP contribution in [0.4, 0.5) is 0 Å². The number of hydroxylamine groups is 2. The van der Waals surface area contributed by atoms with Crippen molar-refractivity contribution < 1.29 is 33.8 Å². The highest BCUT2D eigenvalue weighted by molar-refractivity contribution is 5.89. The number of carbonyl (C=O) groups is 2. The highest BCUT2D eigenvalue weighted by atomic mass is 16.5. The van der Waals surface area contributed by atoms with Crippen LogP contribution >= 0.6 is 0 Å². The average Bonchev–Trinajstić information content (AvgIpc) is 2.87. The number of benzene rings is 1. The maximum Gasteiger partial charge on any atom is 0.338 e. The van der Waals surface area contributed by atoms with E-state index in [2.05, 4.69) is 4.57 Å². The van der Waals surface area contributed by atoms with E-state index in [9.17, 15) is 14.8 Å². The van der Waals surface area contributed by atoms with E-state index in [1.165, 1.54) is 5.06 Å². The molecule has 1 aliphatic heterocycles. The molecular formula is C30H37N3O5+2. The fourth-order valence-electron chi connectivity index (χ4n) is 5.22. The van der Waals surface area contributed by atoms with Crippen LogP contribution in [0.1, 0.15) is 62.9 Å². The van der Waals surface area contributed by atoms with Crippen molar-refractivity contribution in [1.29, 1.82) is 0 Å². The number of pyridine rings is 2. The largest absolute Gasteiger partial charge is 0.481 e. The zero-order chi connectivity index (χ0) is 27.5. The van der Waals surface area contributed by atoms with Gasteiger partial charge in [0.15, 0.2) is 37.9 Å². The number of aromatic nitrogens is 2. The molecule has 3 heterocycles. The topological polar surface area (TPSA) is 94.8 Å². The second-order valence-corrected chi connectivity index (χ2v) is 11.3. The standard InChI is InChI=1S/C30H36N3O5/c1-29(2)19-26(20-30(3,4)33(29)37)38-28(36)25-7-5-22(6-8-25)21-32-16-11-24(12-17-32)23-9-14-31(15-10-23)18-13-27(34)35/h5-12,14-17,26,37H,13,18-21H2,1-4H3/q+1/p+1. The first-order valence-electron chi connectivity index (χ1n) is 12.9. The first kappa shape index (κ1) is 27.4. The summed E-state index contributed by atoms with van der Waals surface area (Å²) >= 11 is 0. The van der Waals surface area contributed by atoms with E-state index >= 15 is 0 Å². The summed E-state index contributed by atoms with van der Waals surface area (Å²) in [5.74, 6) is -1.15. The summed E-state index contributed by atoms with van der Waals surface area (Å²) in [6, 6.07) is 15.5. The molecule has 0 bridgehead atoms. The molecule has 2 N–H and O–H groups in total. The van der Waals surface area contributed by atoms with Gasteiger partial charge in [-0.3, -0.25) is 4.79 Å². The summed E-state index contributed by atoms with van der Waals surface area (Å²) < 4.78 is 9.76. The number of esters is 1. The number of ether oxygens (including phenoxy) is 1. The molecular weight excluding hydrogens is 482 g/mol. The highest BCUT2D eigenvalue weighted by Gasteiger charge is 2.46. The van der Waals surface area contributed by atoms with Gasteiger partial charge in [0.1, 0.15) is 12.5 Å². The predicted octanol–water partition coefficient (Wildman–Crippen LogP) is 4.02. The van der Waals surface area contributed by atoms with Crippen molar-refractivity contribution >= 4 is 11.9 Å². The van der Waals surface area contributed by atoms with E-state index in [1.807, 2.05) is 93.4 Å². The second kappa shape index (κ2) is 11.0. The zero-order valence-corrected chi connectivity index (χ0v) is 22.5. The molecule has 1 fully saturated rings. The van der Waals surface area contributed by atoms with E-state index in [4.69, 9.17) is 9.84 Å². The normalized spacial score (nSPS) is 17.2. The van der Waals surface area contributed by atoms with E-state index in [0.717, 1.165) is 16.7 Å². The molecule has 4 rings (SSSR count). The van der Waals surface area contributed by atoms with Crippen molar-refractivity contribution in [2.45, 2.75) is 77.2 Å². The van der Waals surface area contributed by atoms with Gasteiger partial charge in [0, 0.05) is 53.7 Å². The van der Waals surface area contributed by atoms with Gasteiger partial charge in [-0.15, -0.1) is 0 Å². The first-order valence-corrected chi connectivity index (χ1v) is 12.9. The van der Waals surface area contributed by atoms with Gasteiger partial charge in [-0.2, -0.15) is 5.06 Å². The van der Waals surface area contributed by atoms with Gasteiger partial charge < -0.3 is 15.1 Å². The molecule has 38 heavy (non-hydrogen) atoms. The third-order valence-electron chi connectivity index (χ3n) is 7.13. The Morgan fingerprint density at radius 1 is 0.868 bits per heavy atom. The first-order chi connectivity index (χ1) is 17.9. The monoisotopic (exact) mass is 519 g/mol. The molecule has 1 aromatic carbocycles. The highest BCUT2D eigenvalue weighted by Crippen LogP contribution is 2.38. The molecule has 8 heteroatoms. The lowest BCUT2D eigenvalue weighted by atomic mass is 9.80. The summed E-state index contributed by atoms with van der Waals surface area (Å²) in [5, 5.41) is 20.7. The molecule has 0 unspecified atom stereocenters. The molecule has 1 saturated heterocycles. The third-order valence-corrected chi connectivity index (χ3v) is 7.13. The molecule has 2 aromatic heterocycles. The van der Waals surface area contributed by atoms with Crippen LogP contribution in [-0.2, 0) is 22.6 Å². The van der Waals surface area contributed by atoms with Gasteiger partial charge in [-0.05, 0) is 51.0 Å². The van der Waals surface area contributed by atoms with Crippen molar-refractivity contribution in [3.05, 3.63) is 84.4 Å². The van der Waals surface area contributed by atoms with E-state index < -0.39 is 17.0 Å². The molecule has 1 aliphatic rings. The number of carboxylic acid groups (broad SMARTS) is 1. The van der Waals surface area contributed by atoms with Gasteiger partial charge in [0.05, 0.1) is 5.56 Å². The van der Waals surface area contributed by atoms with Crippen molar-refractivity contribution in [3.63, 3.8) is 0 Å². The molecule has 0 amide bonds. The number of nitrogens with zero attached hydrogens (tertiary/aromatic N) is 3. The zero-order valence-electron chi connectivity index (χ0n) is 22.5. The van der Waals surface area contributed by atoms with Crippen molar-refractivity contribution in [2.24, 2.45) is 0 Å². The third kappa shape index (κ3) is 6.62. The molecule has 0 saturated carbocycles. The summed E-state index contributed by atoms with van der Waals surface area (Å²) in [6.07, 6.45) is 8.78. The Morgan fingerprint density at radius 2 is 1.37 bits per heavy atom. The number of aliphatic carboxylic acids is 1. The molecule has 8 nitrogen and oxygen atoms in total. The molecule has 0 radical (unpaired) electrons. The van der Waals surface area contributed by atoms with Gasteiger partial charge in [-0.1, -0.05) is 12.1 Å². The fourth-order valence-corrected chi connectivity index (χ4v) is 5.22. The van der Waals surface area contributed by atoms with Crippen molar-refractivity contribution in [3.8, 4) is 11.1 Å². The van der Waals surface area contributed by atoms with Crippen LogP contribution in [0.5, 0.6) is 0 Å². The number of hydrogen-bond acceptors (Lipinski definition) is 5. The average molecular weight is 520 g/mol. The maximum absolute atomic E-state index is 12.8. The minimum atomic E-state index is -0.809. The minimum absolute atomic E-state index is 0.0954. The summed E-state index contributed by atoms with van der Waals surface area (Å²) in [4.78, 5) is 23.6. The Labute approximate surface area is 223 Å². The van der Waals surface area contributed by atoms with Crippen LogP contribution in [0.25, 0.3) is 11.1 Å². The maximum atomic E-state index is 12.8. The number of carbonyl (C=O) groups excluding carboxylic acids is 1. The lowest BCUT2D eigenvalue weighted by Crippen LogP contribution is -2.60. The number of carboxylic acids is 1. The fraction of sp³-hybridized carbons (Fsp3) is 0.400. The number of piperidine rings is 1. The van der Waals surface area contributed by atoms with E-state index in [-0.39, 0.29) is 18.5 Å². The van der Waals surface area contributed by atoms with Crippen LogP contribution in [0.15, 0.2) is 73.3 Å². The molecule has 0 aliphatic carbocycles. The van der Waals surface area contributed by atoms with Gasteiger partial charge in [-0.25, -0.2) is 13.9 Å². The van der Waals surface area contributed by atoms with E-state index in [0.29, 0.717) is 31.5 Å². The quantitative estimate of drug-likeness (QED) is 0.345. The second-order valence-electron chi connectivity index (χ2n) is 11.3. The number of hydrogen-bond donors (Lipinski definition) is 2. The Morgan fingerprint density at radius 3 is 1.87 bits per heavy atom. The van der Waals surface area contributed by atoms with E-state index in [1.54, 1.807) is 12.1 Å². The summed E-state index contributed by atoms with van der Waals surface area (Å²) in [6.45, 7) is 8.92. The van der Waals surface area contributed by atoms with Gasteiger partial charge in [0.2, 0.25) is 0 Å². The summed E-state index contributed by atoms with van der Waals surface area (Å²) in [7, 11) is 0. The molecule has 3 aromatic rings. The number of rotatable bonds is 8. The minimum Gasteiger partial charge on any atom is -0.481 e. The molecule has 0 spiro atoms. The lowest BCUT2D eigenvalue weighted by Gasteiger charge is -2.50. The molecule has 200 valence electrons. The van der Waals surface area contributed by atoms with Crippen LogP contribution in [-0.4, -0.2) is 44.5 Å².